The van der Waals surface area contributed by atoms with Gasteiger partial charge in [-0.25, -0.2) is 21.6 Å². The number of phenols is 1. The zero-order chi connectivity index (χ0) is 24.2. The molecule has 0 unspecified atom stereocenters. The molecule has 0 amide bonds. The predicted octanol–water partition coefficient (Wildman–Crippen LogP) is 2.09. The topological polar surface area (TPSA) is 157 Å². The molecule has 0 aliphatic heterocycles. The molecule has 33 heavy (non-hydrogen) atoms. The molecule has 0 atom stereocenters. The number of nitrogens with one attached hydrogen (secondary N) is 3. The van der Waals surface area contributed by atoms with E-state index in [1.165, 1.54) is 12.1 Å². The third-order valence-electron chi connectivity index (χ3n) is 4.81. The number of aromatic hydroxyl groups is 1. The third kappa shape index (κ3) is 5.76. The highest BCUT2D eigenvalue weighted by Gasteiger charge is 2.20. The second-order valence-electron chi connectivity index (χ2n) is 7.19. The van der Waals surface area contributed by atoms with Crippen molar-refractivity contribution in [3.63, 3.8) is 0 Å². The molecular formula is C22H22N3O6S2. The number of phenolic OH excluding ortho intramolecular Hbond substituents is 1. The Morgan fingerprint density at radius 1 is 1.03 bits per heavy atom. The molecule has 1 radical (unpaired) electrons. The number of hydrogen-bond donors (Lipinski definition) is 5. The van der Waals surface area contributed by atoms with E-state index >= 15 is 0 Å². The first-order valence-electron chi connectivity index (χ1n) is 9.65. The summed E-state index contributed by atoms with van der Waals surface area (Å²) in [6.45, 7) is 0.0114. The minimum atomic E-state index is -4.09. The van der Waals surface area contributed by atoms with E-state index in [1.54, 1.807) is 41.9 Å². The van der Waals surface area contributed by atoms with Crippen LogP contribution in [0.5, 0.6) is 5.75 Å². The monoisotopic (exact) mass is 488 g/mol. The van der Waals surface area contributed by atoms with Crippen molar-refractivity contribution in [3.8, 4) is 16.9 Å². The lowest BCUT2D eigenvalue weighted by atomic mass is 10.0. The van der Waals surface area contributed by atoms with Gasteiger partial charge in [-0.1, -0.05) is 30.3 Å². The zero-order valence-corrected chi connectivity index (χ0v) is 19.2. The Labute approximate surface area is 192 Å². The molecule has 0 fully saturated rings. The van der Waals surface area contributed by atoms with Crippen molar-refractivity contribution in [1.29, 1.82) is 5.41 Å². The molecule has 0 spiro atoms. The van der Waals surface area contributed by atoms with E-state index in [9.17, 15) is 21.9 Å². The Hall–Kier alpha value is -3.25. The number of benzene rings is 3. The lowest BCUT2D eigenvalue weighted by Crippen LogP contribution is -2.27. The second-order valence-corrected chi connectivity index (χ2v) is 10.9. The van der Waals surface area contributed by atoms with Crippen LogP contribution in [0.3, 0.4) is 0 Å². The van der Waals surface area contributed by atoms with Gasteiger partial charge < -0.3 is 5.11 Å². The summed E-state index contributed by atoms with van der Waals surface area (Å²) < 4.78 is 51.6. The molecule has 0 saturated heterocycles. The normalized spacial score (nSPS) is 11.8. The smallest absolute Gasteiger partial charge is 0.244 e. The summed E-state index contributed by atoms with van der Waals surface area (Å²) in [5, 5.41) is 26.3. The van der Waals surface area contributed by atoms with Crippen LogP contribution in [-0.2, 0) is 26.3 Å². The molecule has 3 aromatic carbocycles. The molecule has 0 heterocycles. The minimum Gasteiger partial charge on any atom is -0.507 e. The first kappa shape index (κ1) is 24.4. The predicted molar refractivity (Wildman–Crippen MR) is 123 cm³/mol. The van der Waals surface area contributed by atoms with Crippen LogP contribution in [0.2, 0.25) is 0 Å². The Morgan fingerprint density at radius 2 is 1.76 bits per heavy atom. The van der Waals surface area contributed by atoms with E-state index in [-0.39, 0.29) is 17.0 Å². The van der Waals surface area contributed by atoms with Gasteiger partial charge in [-0.2, -0.15) is 0 Å². The van der Waals surface area contributed by atoms with Crippen LogP contribution >= 0.6 is 0 Å². The Morgan fingerprint density at radius 3 is 2.39 bits per heavy atom. The minimum absolute atomic E-state index is 0.0114. The number of sulfone groups is 1. The first-order valence-corrected chi connectivity index (χ1v) is 13.0. The fourth-order valence-corrected chi connectivity index (χ4v) is 5.22. The van der Waals surface area contributed by atoms with Crippen molar-refractivity contribution in [2.24, 2.45) is 0 Å². The van der Waals surface area contributed by atoms with Crippen molar-refractivity contribution in [2.75, 3.05) is 12.8 Å². The number of amidine groups is 1. The molecule has 3 rings (SSSR count). The molecule has 173 valence electrons. The zero-order valence-electron chi connectivity index (χ0n) is 17.5. The van der Waals surface area contributed by atoms with Crippen LogP contribution in [0.15, 0.2) is 70.5 Å². The third-order valence-corrected chi connectivity index (χ3v) is 7.46. The van der Waals surface area contributed by atoms with E-state index in [1.807, 2.05) is 0 Å². The largest absolute Gasteiger partial charge is 0.507 e. The maximum atomic E-state index is 12.6. The number of hydrogen-bond acceptors (Lipinski definition) is 7. The average Bonchev–Trinajstić information content (AvgIpc) is 2.78. The number of rotatable bonds is 8. The van der Waals surface area contributed by atoms with Gasteiger partial charge >= 0.3 is 0 Å². The fraction of sp³-hybridized carbons (Fsp3) is 0.136. The van der Waals surface area contributed by atoms with Gasteiger partial charge in [-0.15, -0.1) is 0 Å². The molecule has 0 aromatic heterocycles. The molecule has 0 aliphatic rings. The highest BCUT2D eigenvalue weighted by molar-refractivity contribution is 7.91. The average molecular weight is 489 g/mol. The lowest BCUT2D eigenvalue weighted by molar-refractivity contribution is 0.234. The van der Waals surface area contributed by atoms with Gasteiger partial charge in [0.05, 0.1) is 4.90 Å². The summed E-state index contributed by atoms with van der Waals surface area (Å²) in [4.78, 5) is -0.206. The van der Waals surface area contributed by atoms with E-state index in [2.05, 4.69) is 10.8 Å². The molecule has 3 aromatic rings. The van der Waals surface area contributed by atoms with Crippen LogP contribution in [0.1, 0.15) is 11.1 Å². The molecule has 0 saturated carbocycles. The Balaban J connectivity index is 1.72. The van der Waals surface area contributed by atoms with E-state index in [0.717, 1.165) is 18.4 Å². The molecule has 0 aliphatic carbocycles. The molecule has 0 bridgehead atoms. The fourth-order valence-electron chi connectivity index (χ4n) is 3.16. The van der Waals surface area contributed by atoms with Crippen molar-refractivity contribution in [2.45, 2.75) is 16.2 Å². The van der Waals surface area contributed by atoms with Gasteiger partial charge in [-0.3, -0.25) is 16.1 Å². The summed E-state index contributed by atoms with van der Waals surface area (Å²) in [6, 6.07) is 18.3. The van der Waals surface area contributed by atoms with Gasteiger partial charge in [-0.05, 0) is 53.9 Å². The van der Waals surface area contributed by atoms with Crippen molar-refractivity contribution in [1.82, 2.24) is 10.2 Å². The Kier molecular flexibility index (Phi) is 7.18. The van der Waals surface area contributed by atoms with Crippen LogP contribution in [0.4, 0.5) is 0 Å². The van der Waals surface area contributed by atoms with Gasteiger partial charge in [0.15, 0.2) is 9.84 Å². The molecule has 11 heteroatoms. The van der Waals surface area contributed by atoms with Gasteiger partial charge in [0.1, 0.15) is 16.5 Å². The summed E-state index contributed by atoms with van der Waals surface area (Å²) in [6.07, 6.45) is 1.44. The van der Waals surface area contributed by atoms with Crippen LogP contribution in [-0.4, -0.2) is 45.8 Å². The van der Waals surface area contributed by atoms with Gasteiger partial charge in [0.2, 0.25) is 10.0 Å². The van der Waals surface area contributed by atoms with E-state index < -0.39 is 36.3 Å². The maximum Gasteiger partial charge on any atom is 0.244 e. The van der Waals surface area contributed by atoms with E-state index in [4.69, 9.17) is 10.6 Å². The molecule has 9 nitrogen and oxygen atoms in total. The maximum absolute atomic E-state index is 12.6. The van der Waals surface area contributed by atoms with Gasteiger partial charge in [0, 0.05) is 23.9 Å². The lowest BCUT2D eigenvalue weighted by Gasteiger charge is -2.11. The van der Waals surface area contributed by atoms with Crippen LogP contribution in [0.25, 0.3) is 11.1 Å². The quantitative estimate of drug-likeness (QED) is 0.185. The summed E-state index contributed by atoms with van der Waals surface area (Å²) >= 11 is 0. The van der Waals surface area contributed by atoms with E-state index in [0.29, 0.717) is 23.1 Å². The highest BCUT2D eigenvalue weighted by atomic mass is 32.2. The van der Waals surface area contributed by atoms with Crippen molar-refractivity contribution < 1.29 is 27.1 Å². The summed E-state index contributed by atoms with van der Waals surface area (Å²) in [5.74, 6) is -0.906. The summed E-state index contributed by atoms with van der Waals surface area (Å²) in [7, 11) is -7.49. The highest BCUT2D eigenvalue weighted by Crippen LogP contribution is 2.27. The first-order chi connectivity index (χ1) is 15.5. The van der Waals surface area contributed by atoms with Crippen molar-refractivity contribution >= 4 is 25.7 Å². The Bertz CT molecular complexity index is 1390. The van der Waals surface area contributed by atoms with Gasteiger partial charge in [0.25, 0.3) is 0 Å². The second kappa shape index (κ2) is 9.71. The summed E-state index contributed by atoms with van der Waals surface area (Å²) in [5.41, 5.74) is 3.62. The standard InChI is InChI=1S/C22H22N3O6S2/c1-32(28,29)20-5-3-2-4-18(20)16-8-6-15(7-9-16)12-13-24-33(30,31)21-14-17(22(23)25-27)10-11-19(21)26/h2-6,8-11,14,24,26-27H,12-13H2,1H3,(H2,23,25). The van der Waals surface area contributed by atoms with Crippen LogP contribution < -0.4 is 10.2 Å². The SMILES string of the molecule is CS(=O)(=O)c1ccccc1-c1c[c]c(CCNS(=O)(=O)c2cc(C(=N)NO)ccc2O)cc1. The molecule has 5 N–H and O–H groups in total. The number of hydroxylamine groups is 1. The van der Waals surface area contributed by atoms with Crippen LogP contribution in [0, 0.1) is 11.5 Å². The van der Waals surface area contributed by atoms with Crippen molar-refractivity contribution in [3.05, 3.63) is 77.9 Å². The molecular weight excluding hydrogens is 466 g/mol. The number of sulfonamides is 1.